The molecule has 0 saturated carbocycles. The predicted molar refractivity (Wildman–Crippen MR) is 79.5 cm³/mol. The summed E-state index contributed by atoms with van der Waals surface area (Å²) in [5.41, 5.74) is 0.530. The molecule has 0 aromatic heterocycles. The lowest BCUT2D eigenvalue weighted by Gasteiger charge is -2.28. The molecule has 0 fully saturated rings. The maximum atomic E-state index is 12.9. The molecule has 0 bridgehead atoms. The van der Waals surface area contributed by atoms with Crippen molar-refractivity contribution in [3.8, 4) is 0 Å². The SMILES string of the molecule is CC(CO)(c1ccccc1)S(=O)(=O)c1ccccc1Cl. The Labute approximate surface area is 123 Å². The van der Waals surface area contributed by atoms with E-state index in [0.29, 0.717) is 5.56 Å². The fourth-order valence-corrected chi connectivity index (χ4v) is 4.15. The monoisotopic (exact) mass is 310 g/mol. The van der Waals surface area contributed by atoms with Crippen LogP contribution >= 0.6 is 11.6 Å². The number of rotatable bonds is 4. The second-order valence-corrected chi connectivity index (χ2v) is 7.44. The second kappa shape index (κ2) is 5.56. The molecule has 0 aliphatic carbocycles. The molecule has 0 saturated heterocycles. The van der Waals surface area contributed by atoms with Crippen LogP contribution in [0.2, 0.25) is 5.02 Å². The van der Waals surface area contributed by atoms with Crippen molar-refractivity contribution in [2.24, 2.45) is 0 Å². The van der Waals surface area contributed by atoms with Gasteiger partial charge < -0.3 is 5.11 Å². The van der Waals surface area contributed by atoms with E-state index < -0.39 is 21.2 Å². The fourth-order valence-electron chi connectivity index (χ4n) is 2.03. The lowest BCUT2D eigenvalue weighted by Crippen LogP contribution is -2.36. The average molecular weight is 311 g/mol. The van der Waals surface area contributed by atoms with Crippen molar-refractivity contribution < 1.29 is 13.5 Å². The molecule has 1 N–H and O–H groups in total. The van der Waals surface area contributed by atoms with E-state index >= 15 is 0 Å². The molecule has 0 amide bonds. The Bertz CT molecular complexity index is 698. The van der Waals surface area contributed by atoms with E-state index in [1.807, 2.05) is 0 Å². The van der Waals surface area contributed by atoms with E-state index in [9.17, 15) is 13.5 Å². The predicted octanol–water partition coefficient (Wildman–Crippen LogP) is 3.02. The van der Waals surface area contributed by atoms with E-state index in [2.05, 4.69) is 0 Å². The van der Waals surface area contributed by atoms with Gasteiger partial charge in [0.15, 0.2) is 9.84 Å². The van der Waals surface area contributed by atoms with E-state index in [4.69, 9.17) is 11.6 Å². The van der Waals surface area contributed by atoms with Gasteiger partial charge >= 0.3 is 0 Å². The molecule has 0 aliphatic rings. The molecule has 2 aromatic carbocycles. The zero-order valence-electron chi connectivity index (χ0n) is 11.0. The summed E-state index contributed by atoms with van der Waals surface area (Å²) in [6.07, 6.45) is 0. The minimum absolute atomic E-state index is 0.0297. The maximum Gasteiger partial charge on any atom is 0.191 e. The van der Waals surface area contributed by atoms with Gasteiger partial charge in [-0.3, -0.25) is 0 Å². The average Bonchev–Trinajstić information content (AvgIpc) is 2.47. The van der Waals surface area contributed by atoms with Crippen LogP contribution in [0, 0.1) is 0 Å². The van der Waals surface area contributed by atoms with Gasteiger partial charge in [-0.15, -0.1) is 0 Å². The Hall–Kier alpha value is -1.36. The quantitative estimate of drug-likeness (QED) is 0.944. The molecule has 3 nitrogen and oxygen atoms in total. The van der Waals surface area contributed by atoms with Crippen molar-refractivity contribution in [2.45, 2.75) is 16.6 Å². The third kappa shape index (κ3) is 2.35. The summed E-state index contributed by atoms with van der Waals surface area (Å²) in [4.78, 5) is 0.0297. The molecule has 0 spiro atoms. The zero-order chi connectivity index (χ0) is 14.8. The Morgan fingerprint density at radius 2 is 1.60 bits per heavy atom. The van der Waals surface area contributed by atoms with Crippen molar-refractivity contribution in [1.29, 1.82) is 0 Å². The number of aliphatic hydroxyl groups excluding tert-OH is 1. The van der Waals surface area contributed by atoms with Crippen molar-refractivity contribution >= 4 is 21.4 Å². The highest BCUT2D eigenvalue weighted by atomic mass is 35.5. The number of halogens is 1. The van der Waals surface area contributed by atoms with Gasteiger partial charge in [-0.05, 0) is 24.6 Å². The summed E-state index contributed by atoms with van der Waals surface area (Å²) in [6.45, 7) is 0.978. The number of hydrogen-bond acceptors (Lipinski definition) is 3. The number of aliphatic hydroxyl groups is 1. The molecule has 2 aromatic rings. The number of sulfone groups is 1. The first-order chi connectivity index (χ1) is 9.43. The molecular formula is C15H15ClO3S. The first-order valence-corrected chi connectivity index (χ1v) is 7.95. The van der Waals surface area contributed by atoms with Gasteiger partial charge in [-0.2, -0.15) is 0 Å². The largest absolute Gasteiger partial charge is 0.394 e. The van der Waals surface area contributed by atoms with Crippen LogP contribution in [0.15, 0.2) is 59.5 Å². The van der Waals surface area contributed by atoms with Crippen molar-refractivity contribution in [3.05, 3.63) is 65.2 Å². The molecule has 1 atom stereocenters. The lowest BCUT2D eigenvalue weighted by atomic mass is 10.0. The van der Waals surface area contributed by atoms with Crippen LogP contribution in [0.1, 0.15) is 12.5 Å². The van der Waals surface area contributed by atoms with Gasteiger partial charge in [0, 0.05) is 0 Å². The van der Waals surface area contributed by atoms with Gasteiger partial charge in [0.05, 0.1) is 16.5 Å². The van der Waals surface area contributed by atoms with Crippen molar-refractivity contribution in [2.75, 3.05) is 6.61 Å². The van der Waals surface area contributed by atoms with Crippen LogP contribution in [0.25, 0.3) is 0 Å². The highest BCUT2D eigenvalue weighted by Gasteiger charge is 2.42. The fraction of sp³-hybridized carbons (Fsp3) is 0.200. The molecule has 20 heavy (non-hydrogen) atoms. The van der Waals surface area contributed by atoms with E-state index in [1.165, 1.54) is 19.1 Å². The molecule has 2 rings (SSSR count). The summed E-state index contributed by atoms with van der Waals surface area (Å²) in [5, 5.41) is 9.86. The molecule has 0 radical (unpaired) electrons. The minimum Gasteiger partial charge on any atom is -0.394 e. The first kappa shape index (κ1) is 15.0. The molecule has 0 heterocycles. The van der Waals surface area contributed by atoms with Crippen LogP contribution in [-0.2, 0) is 14.6 Å². The second-order valence-electron chi connectivity index (χ2n) is 4.69. The summed E-state index contributed by atoms with van der Waals surface area (Å²) in [6, 6.07) is 14.9. The standard InChI is InChI=1S/C15H15ClO3S/c1-15(11-17,12-7-3-2-4-8-12)20(18,19)14-10-6-5-9-13(14)16/h2-10,17H,11H2,1H3. The Morgan fingerprint density at radius 3 is 2.15 bits per heavy atom. The van der Waals surface area contributed by atoms with Crippen LogP contribution in [0.3, 0.4) is 0 Å². The van der Waals surface area contributed by atoms with Gasteiger partial charge in [0.25, 0.3) is 0 Å². The van der Waals surface area contributed by atoms with Gasteiger partial charge in [0.1, 0.15) is 4.75 Å². The summed E-state index contributed by atoms with van der Waals surface area (Å²) >= 11 is 6.00. The summed E-state index contributed by atoms with van der Waals surface area (Å²) in [7, 11) is -3.82. The highest BCUT2D eigenvalue weighted by molar-refractivity contribution is 7.92. The van der Waals surface area contributed by atoms with Crippen LogP contribution in [0.4, 0.5) is 0 Å². The van der Waals surface area contributed by atoms with E-state index in [-0.39, 0.29) is 9.92 Å². The smallest absolute Gasteiger partial charge is 0.191 e. The van der Waals surface area contributed by atoms with Crippen LogP contribution < -0.4 is 0 Å². The number of benzene rings is 2. The maximum absolute atomic E-state index is 12.9. The topological polar surface area (TPSA) is 54.4 Å². The van der Waals surface area contributed by atoms with Crippen molar-refractivity contribution in [1.82, 2.24) is 0 Å². The highest BCUT2D eigenvalue weighted by Crippen LogP contribution is 2.37. The molecule has 1 unspecified atom stereocenters. The van der Waals surface area contributed by atoms with Crippen LogP contribution in [0.5, 0.6) is 0 Å². The molecule has 106 valence electrons. The third-order valence-electron chi connectivity index (χ3n) is 3.41. The Kier molecular flexibility index (Phi) is 4.18. The zero-order valence-corrected chi connectivity index (χ0v) is 12.5. The van der Waals surface area contributed by atoms with Crippen LogP contribution in [-0.4, -0.2) is 20.1 Å². The lowest BCUT2D eigenvalue weighted by molar-refractivity contribution is 0.250. The first-order valence-electron chi connectivity index (χ1n) is 6.09. The Morgan fingerprint density at radius 1 is 1.05 bits per heavy atom. The van der Waals surface area contributed by atoms with Gasteiger partial charge in [-0.25, -0.2) is 8.42 Å². The molecular weight excluding hydrogens is 296 g/mol. The number of hydrogen-bond donors (Lipinski definition) is 1. The third-order valence-corrected chi connectivity index (χ3v) is 6.33. The van der Waals surface area contributed by atoms with Gasteiger partial charge in [-0.1, -0.05) is 54.1 Å². The van der Waals surface area contributed by atoms with E-state index in [1.54, 1.807) is 42.5 Å². The molecule has 0 aliphatic heterocycles. The summed E-state index contributed by atoms with van der Waals surface area (Å²) < 4.78 is 24.3. The Balaban J connectivity index is 2.65. The van der Waals surface area contributed by atoms with E-state index in [0.717, 1.165) is 0 Å². The van der Waals surface area contributed by atoms with Crippen molar-refractivity contribution in [3.63, 3.8) is 0 Å². The minimum atomic E-state index is -3.82. The summed E-state index contributed by atoms with van der Waals surface area (Å²) in [5.74, 6) is 0. The van der Waals surface area contributed by atoms with Gasteiger partial charge in [0.2, 0.25) is 0 Å². The normalized spacial score (nSPS) is 14.8. The molecule has 5 heteroatoms.